The van der Waals surface area contributed by atoms with Crippen molar-refractivity contribution in [3.63, 3.8) is 0 Å². The van der Waals surface area contributed by atoms with Crippen molar-refractivity contribution >= 4 is 12.0 Å². The number of allylic oxidation sites excluding steroid dienone is 1. The first kappa shape index (κ1) is 21.8. The number of hydrogen-bond donors (Lipinski definition) is 1. The molecule has 2 aromatic carbocycles. The van der Waals surface area contributed by atoms with E-state index in [1.165, 1.54) is 18.4 Å². The van der Waals surface area contributed by atoms with Gasteiger partial charge < -0.3 is 19.6 Å². The molecule has 3 heterocycles. The van der Waals surface area contributed by atoms with Gasteiger partial charge in [0, 0.05) is 6.08 Å². The summed E-state index contributed by atoms with van der Waals surface area (Å²) in [5, 5.41) is 14.5. The normalized spacial score (nSPS) is 14.9. The highest BCUT2D eigenvalue weighted by atomic mass is 16.5. The zero-order valence-corrected chi connectivity index (χ0v) is 18.7. The topological polar surface area (TPSA) is 116 Å². The average molecular weight is 464 g/mol. The number of nitrogens with zero attached hydrogens (tertiary/aromatic N) is 3. The lowest BCUT2D eigenvalue weighted by atomic mass is 9.84. The maximum atomic E-state index is 12.1. The smallest absolute Gasteiger partial charge is 0.336 e. The molecule has 0 spiro atoms. The molecule has 0 saturated heterocycles. The van der Waals surface area contributed by atoms with Gasteiger partial charge in [-0.1, -0.05) is 30.3 Å². The number of benzene rings is 2. The molecular formula is C27H20N4O4. The third-order valence-corrected chi connectivity index (χ3v) is 5.59. The van der Waals surface area contributed by atoms with Gasteiger partial charge in [0.15, 0.2) is 0 Å². The Morgan fingerprint density at radius 1 is 1.14 bits per heavy atom. The molecule has 0 bridgehead atoms. The van der Waals surface area contributed by atoms with E-state index < -0.39 is 11.9 Å². The average Bonchev–Trinajstić information content (AvgIpc) is 3.51. The number of carbonyl (C=O) groups is 1. The summed E-state index contributed by atoms with van der Waals surface area (Å²) in [5.74, 6) is 0.387. The minimum atomic E-state index is -0.538. The van der Waals surface area contributed by atoms with Gasteiger partial charge in [0.25, 0.3) is 0 Å². The second kappa shape index (κ2) is 9.08. The fourth-order valence-corrected chi connectivity index (χ4v) is 4.01. The molecule has 0 saturated carbocycles. The Labute approximate surface area is 201 Å². The number of fused-ring (bicyclic) bond motifs is 1. The van der Waals surface area contributed by atoms with Crippen LogP contribution in [0.1, 0.15) is 28.5 Å². The number of nitriles is 1. The van der Waals surface area contributed by atoms with Gasteiger partial charge in [0.2, 0.25) is 11.8 Å². The van der Waals surface area contributed by atoms with E-state index in [0.717, 1.165) is 16.8 Å². The molecule has 0 radical (unpaired) electrons. The van der Waals surface area contributed by atoms with Crippen LogP contribution in [0.4, 0.5) is 0 Å². The molecular weight excluding hydrogens is 444 g/mol. The highest BCUT2D eigenvalue weighted by Gasteiger charge is 2.36. The fraction of sp³-hybridized carbons (Fsp3) is 0.0741. The van der Waals surface area contributed by atoms with E-state index in [1.807, 2.05) is 37.3 Å². The van der Waals surface area contributed by atoms with Crippen molar-refractivity contribution in [2.75, 3.05) is 0 Å². The highest BCUT2D eigenvalue weighted by molar-refractivity contribution is 5.88. The first-order valence-corrected chi connectivity index (χ1v) is 10.8. The van der Waals surface area contributed by atoms with Crippen LogP contribution in [0, 0.1) is 18.3 Å². The van der Waals surface area contributed by atoms with Crippen molar-refractivity contribution in [3.8, 4) is 23.4 Å². The van der Waals surface area contributed by atoms with Gasteiger partial charge >= 0.3 is 5.97 Å². The number of para-hydroxylation sites is 1. The summed E-state index contributed by atoms with van der Waals surface area (Å²) in [5.41, 5.74) is 9.53. The molecule has 1 atom stereocenters. The van der Waals surface area contributed by atoms with Gasteiger partial charge in [0.05, 0.1) is 29.1 Å². The van der Waals surface area contributed by atoms with Crippen LogP contribution < -0.4 is 15.2 Å². The van der Waals surface area contributed by atoms with E-state index in [9.17, 15) is 10.1 Å². The number of ether oxygens (including phenoxy) is 2. The molecule has 2 aromatic heterocycles. The minimum absolute atomic E-state index is 0.0284. The maximum absolute atomic E-state index is 12.1. The van der Waals surface area contributed by atoms with Gasteiger partial charge in [-0.2, -0.15) is 10.4 Å². The number of nitrogens with two attached hydrogens (primary N) is 1. The summed E-state index contributed by atoms with van der Waals surface area (Å²) >= 11 is 0. The van der Waals surface area contributed by atoms with E-state index in [2.05, 4.69) is 11.2 Å². The summed E-state index contributed by atoms with van der Waals surface area (Å²) in [4.78, 5) is 12.1. The van der Waals surface area contributed by atoms with Gasteiger partial charge in [-0.3, -0.25) is 0 Å². The van der Waals surface area contributed by atoms with Crippen LogP contribution in [0.3, 0.4) is 0 Å². The molecule has 5 rings (SSSR count). The summed E-state index contributed by atoms with van der Waals surface area (Å²) in [6.45, 7) is 1.87. The lowest BCUT2D eigenvalue weighted by Crippen LogP contribution is -2.22. The fourth-order valence-electron chi connectivity index (χ4n) is 4.01. The molecule has 0 unspecified atom stereocenters. The second-order valence-corrected chi connectivity index (χ2v) is 7.82. The minimum Gasteiger partial charge on any atom is -0.465 e. The zero-order valence-electron chi connectivity index (χ0n) is 18.7. The van der Waals surface area contributed by atoms with Crippen molar-refractivity contribution in [1.82, 2.24) is 9.78 Å². The van der Waals surface area contributed by atoms with E-state index in [4.69, 9.17) is 19.6 Å². The monoisotopic (exact) mass is 464 g/mol. The Balaban J connectivity index is 1.46. The number of furan rings is 1. The first-order chi connectivity index (χ1) is 17.0. The molecule has 4 aromatic rings. The molecule has 35 heavy (non-hydrogen) atoms. The van der Waals surface area contributed by atoms with E-state index in [1.54, 1.807) is 41.1 Å². The summed E-state index contributed by atoms with van der Waals surface area (Å²) in [6, 6.07) is 22.1. The van der Waals surface area contributed by atoms with Crippen LogP contribution >= 0.6 is 0 Å². The quantitative estimate of drug-likeness (QED) is 0.260. The highest BCUT2D eigenvalue weighted by Crippen LogP contribution is 2.44. The molecule has 8 heteroatoms. The molecule has 0 aliphatic carbocycles. The number of carbonyl (C=O) groups excluding carboxylic acids is 1. The van der Waals surface area contributed by atoms with E-state index in [0.29, 0.717) is 28.7 Å². The molecule has 0 fully saturated rings. The van der Waals surface area contributed by atoms with Crippen molar-refractivity contribution in [2.45, 2.75) is 12.8 Å². The Morgan fingerprint density at radius 2 is 1.91 bits per heavy atom. The molecule has 0 amide bonds. The third kappa shape index (κ3) is 4.18. The maximum Gasteiger partial charge on any atom is 0.336 e. The second-order valence-electron chi connectivity index (χ2n) is 7.82. The van der Waals surface area contributed by atoms with Crippen molar-refractivity contribution in [1.29, 1.82) is 5.26 Å². The molecule has 172 valence electrons. The van der Waals surface area contributed by atoms with Crippen LogP contribution in [0.25, 0.3) is 11.8 Å². The zero-order chi connectivity index (χ0) is 24.4. The van der Waals surface area contributed by atoms with Gasteiger partial charge in [0.1, 0.15) is 23.2 Å². The largest absolute Gasteiger partial charge is 0.465 e. The van der Waals surface area contributed by atoms with Crippen LogP contribution in [0.15, 0.2) is 94.9 Å². The lowest BCUT2D eigenvalue weighted by molar-refractivity contribution is -0.128. The SMILES string of the molecule is Cc1nn(-c2ccccc2)c2c1[C@@H](c1ccc(OC(=O)/C=C\c3ccco3)cc1)C(C#N)=C(N)O2. The summed E-state index contributed by atoms with van der Waals surface area (Å²) < 4.78 is 18.1. The number of hydrogen-bond acceptors (Lipinski definition) is 7. The lowest BCUT2D eigenvalue weighted by Gasteiger charge is -2.25. The molecule has 2 N–H and O–H groups in total. The first-order valence-electron chi connectivity index (χ1n) is 10.8. The van der Waals surface area contributed by atoms with Crippen molar-refractivity contribution < 1.29 is 18.7 Å². The van der Waals surface area contributed by atoms with Crippen LogP contribution in [-0.2, 0) is 4.79 Å². The number of esters is 1. The summed E-state index contributed by atoms with van der Waals surface area (Å²) in [6.07, 6.45) is 4.34. The van der Waals surface area contributed by atoms with Gasteiger partial charge in [-0.05, 0) is 55.0 Å². The van der Waals surface area contributed by atoms with Crippen LogP contribution in [0.2, 0.25) is 0 Å². The Hall–Kier alpha value is -5.03. The molecule has 1 aliphatic heterocycles. The Kier molecular flexibility index (Phi) is 5.65. The van der Waals surface area contributed by atoms with Crippen molar-refractivity contribution in [2.24, 2.45) is 5.73 Å². The Morgan fingerprint density at radius 3 is 2.60 bits per heavy atom. The van der Waals surface area contributed by atoms with Crippen LogP contribution in [0.5, 0.6) is 11.6 Å². The van der Waals surface area contributed by atoms with E-state index in [-0.39, 0.29) is 5.88 Å². The van der Waals surface area contributed by atoms with E-state index >= 15 is 0 Å². The predicted octanol–water partition coefficient (Wildman–Crippen LogP) is 4.61. The third-order valence-electron chi connectivity index (χ3n) is 5.59. The Bertz CT molecular complexity index is 1470. The number of aromatic nitrogens is 2. The standard InChI is InChI=1S/C27H20N4O4/c1-17-24-25(18-9-11-21(12-10-18)34-23(32)14-13-20-8-5-15-33-20)22(16-28)26(29)35-27(24)31(30-17)19-6-3-2-4-7-19/h2-15,25H,29H2,1H3/b14-13-/t25-/m0/s1. The van der Waals surface area contributed by atoms with Crippen molar-refractivity contribution in [3.05, 3.63) is 113 Å². The van der Waals surface area contributed by atoms with Gasteiger partial charge in [-0.15, -0.1) is 0 Å². The van der Waals surface area contributed by atoms with Gasteiger partial charge in [-0.25, -0.2) is 9.48 Å². The molecule has 1 aliphatic rings. The van der Waals surface area contributed by atoms with Crippen LogP contribution in [-0.4, -0.2) is 15.7 Å². The predicted molar refractivity (Wildman–Crippen MR) is 127 cm³/mol. The number of rotatable bonds is 5. The summed E-state index contributed by atoms with van der Waals surface area (Å²) in [7, 11) is 0. The molecule has 8 nitrogen and oxygen atoms in total. The number of aryl methyl sites for hydroxylation is 1.